The van der Waals surface area contributed by atoms with Crippen molar-refractivity contribution in [3.05, 3.63) is 0 Å². The second kappa shape index (κ2) is 4.65. The smallest absolute Gasteiger partial charge is 0.153 e. The number of rotatable bonds is 3. The maximum absolute atomic E-state index is 12.3. The summed E-state index contributed by atoms with van der Waals surface area (Å²) in [6.45, 7) is 8.69. The van der Waals surface area contributed by atoms with Crippen LogP contribution in [0.25, 0.3) is 0 Å². The average molecular weight is 211 g/mol. The Morgan fingerprint density at radius 3 is 2.53 bits per heavy atom. The molecule has 0 aromatic heterocycles. The third-order valence-electron chi connectivity index (χ3n) is 4.06. The second-order valence-corrected chi connectivity index (χ2v) is 5.75. The van der Waals surface area contributed by atoms with Gasteiger partial charge in [-0.1, -0.05) is 27.2 Å². The van der Waals surface area contributed by atoms with E-state index in [1.165, 1.54) is 19.3 Å². The van der Waals surface area contributed by atoms with Crippen LogP contribution in [0.2, 0.25) is 0 Å². The van der Waals surface area contributed by atoms with Gasteiger partial charge in [0.1, 0.15) is 0 Å². The first-order valence-electron chi connectivity index (χ1n) is 6.11. The molecule has 1 aliphatic carbocycles. The van der Waals surface area contributed by atoms with Crippen molar-refractivity contribution < 1.29 is 4.79 Å². The van der Waals surface area contributed by atoms with E-state index in [4.69, 9.17) is 0 Å². The maximum atomic E-state index is 12.3. The molecule has 0 heterocycles. The molecular weight excluding hydrogens is 186 g/mol. The summed E-state index contributed by atoms with van der Waals surface area (Å²) in [5.41, 5.74) is 0.180. The van der Waals surface area contributed by atoms with Crippen molar-refractivity contribution in [2.24, 2.45) is 17.3 Å². The van der Waals surface area contributed by atoms with Crippen molar-refractivity contribution >= 4 is 5.78 Å². The Kier molecular flexibility index (Phi) is 3.93. The van der Waals surface area contributed by atoms with Crippen LogP contribution < -0.4 is 5.32 Å². The molecule has 2 heteroatoms. The zero-order chi connectivity index (χ0) is 11.6. The summed E-state index contributed by atoms with van der Waals surface area (Å²) in [4.78, 5) is 12.3. The Morgan fingerprint density at radius 2 is 2.07 bits per heavy atom. The molecular formula is C13H25NO. The summed E-state index contributed by atoms with van der Waals surface area (Å²) in [5.74, 6) is 1.17. The van der Waals surface area contributed by atoms with Gasteiger partial charge in [-0.3, -0.25) is 4.79 Å². The number of likely N-dealkylation sites (N-methyl/N-ethyl adjacent to an activating group) is 1. The molecule has 0 aliphatic heterocycles. The lowest BCUT2D eigenvalue weighted by atomic mass is 9.62. The Hall–Kier alpha value is -0.370. The molecule has 3 unspecified atom stereocenters. The van der Waals surface area contributed by atoms with Crippen LogP contribution in [0.5, 0.6) is 0 Å². The highest BCUT2D eigenvalue weighted by molar-refractivity contribution is 5.86. The van der Waals surface area contributed by atoms with Gasteiger partial charge in [0.25, 0.3) is 0 Å². The number of hydrogen-bond donors (Lipinski definition) is 1. The first-order chi connectivity index (χ1) is 6.90. The Balaban J connectivity index is 2.83. The molecule has 0 saturated heterocycles. The fraction of sp³-hybridized carbons (Fsp3) is 0.923. The van der Waals surface area contributed by atoms with Crippen LogP contribution in [-0.4, -0.2) is 18.9 Å². The molecule has 1 fully saturated rings. The molecule has 1 N–H and O–H groups in total. The van der Waals surface area contributed by atoms with Crippen LogP contribution in [0.3, 0.4) is 0 Å². The topological polar surface area (TPSA) is 29.1 Å². The van der Waals surface area contributed by atoms with Crippen molar-refractivity contribution in [3.8, 4) is 0 Å². The van der Waals surface area contributed by atoms with Gasteiger partial charge >= 0.3 is 0 Å². The fourth-order valence-corrected chi connectivity index (χ4v) is 3.05. The van der Waals surface area contributed by atoms with Crippen LogP contribution in [0.15, 0.2) is 0 Å². The number of Topliss-reactive ketones (excluding diaryl/α,β-unsaturated/α-hetero) is 1. The van der Waals surface area contributed by atoms with Crippen LogP contribution in [0, 0.1) is 17.3 Å². The van der Waals surface area contributed by atoms with Gasteiger partial charge in [-0.05, 0) is 38.1 Å². The van der Waals surface area contributed by atoms with Crippen LogP contribution in [-0.2, 0) is 4.79 Å². The van der Waals surface area contributed by atoms with E-state index in [1.54, 1.807) is 0 Å². The molecule has 15 heavy (non-hydrogen) atoms. The fourth-order valence-electron chi connectivity index (χ4n) is 3.05. The zero-order valence-corrected chi connectivity index (χ0v) is 10.8. The number of carbonyl (C=O) groups excluding carboxylic acids is 1. The highest BCUT2D eigenvalue weighted by atomic mass is 16.1. The van der Waals surface area contributed by atoms with Crippen LogP contribution in [0.4, 0.5) is 0 Å². The maximum Gasteiger partial charge on any atom is 0.153 e. The molecule has 1 rings (SSSR count). The molecule has 0 amide bonds. The van der Waals surface area contributed by atoms with Crippen molar-refractivity contribution in [2.45, 2.75) is 53.0 Å². The molecule has 0 spiro atoms. The van der Waals surface area contributed by atoms with Crippen molar-refractivity contribution in [3.63, 3.8) is 0 Å². The van der Waals surface area contributed by atoms with Gasteiger partial charge in [0, 0.05) is 5.92 Å². The first kappa shape index (κ1) is 12.7. The minimum atomic E-state index is -0.00479. The highest BCUT2D eigenvalue weighted by Crippen LogP contribution is 2.44. The number of hydrogen-bond acceptors (Lipinski definition) is 2. The number of ketones is 1. The SMILES string of the molecule is CNC(C)C(=O)C1C(C)CCCC1(C)C. The molecule has 3 atom stereocenters. The summed E-state index contributed by atoms with van der Waals surface area (Å²) in [6, 6.07) is -0.00479. The first-order valence-corrected chi connectivity index (χ1v) is 6.11. The standard InChI is InChI=1S/C13H25NO/c1-9-7-6-8-13(3,4)11(9)12(15)10(2)14-5/h9-11,14H,6-8H2,1-5H3. The lowest BCUT2D eigenvalue weighted by Crippen LogP contribution is -2.46. The molecule has 2 nitrogen and oxygen atoms in total. The second-order valence-electron chi connectivity index (χ2n) is 5.75. The molecule has 88 valence electrons. The Morgan fingerprint density at radius 1 is 1.47 bits per heavy atom. The predicted octanol–water partition coefficient (Wildman–Crippen LogP) is 2.63. The van der Waals surface area contributed by atoms with E-state index < -0.39 is 0 Å². The van der Waals surface area contributed by atoms with Gasteiger partial charge in [0.05, 0.1) is 6.04 Å². The highest BCUT2D eigenvalue weighted by Gasteiger charge is 2.42. The predicted molar refractivity (Wildman–Crippen MR) is 63.8 cm³/mol. The third-order valence-corrected chi connectivity index (χ3v) is 4.06. The van der Waals surface area contributed by atoms with E-state index in [2.05, 4.69) is 26.1 Å². The average Bonchev–Trinajstić information content (AvgIpc) is 2.14. The summed E-state index contributed by atoms with van der Waals surface area (Å²) in [6.07, 6.45) is 3.66. The number of nitrogens with one attached hydrogen (secondary N) is 1. The summed E-state index contributed by atoms with van der Waals surface area (Å²) < 4.78 is 0. The van der Waals surface area contributed by atoms with E-state index in [9.17, 15) is 4.79 Å². The van der Waals surface area contributed by atoms with E-state index in [0.29, 0.717) is 11.7 Å². The summed E-state index contributed by atoms with van der Waals surface area (Å²) in [7, 11) is 1.86. The van der Waals surface area contributed by atoms with Gasteiger partial charge in [-0.15, -0.1) is 0 Å². The molecule has 0 bridgehead atoms. The molecule has 0 radical (unpaired) electrons. The quantitative estimate of drug-likeness (QED) is 0.777. The van der Waals surface area contributed by atoms with E-state index in [0.717, 1.165) is 0 Å². The van der Waals surface area contributed by atoms with Gasteiger partial charge < -0.3 is 5.32 Å². The van der Waals surface area contributed by atoms with Crippen LogP contribution in [0.1, 0.15) is 47.0 Å². The third kappa shape index (κ3) is 2.60. The van der Waals surface area contributed by atoms with Gasteiger partial charge in [0.2, 0.25) is 0 Å². The minimum Gasteiger partial charge on any atom is -0.311 e. The lowest BCUT2D eigenvalue weighted by molar-refractivity contribution is -0.132. The largest absolute Gasteiger partial charge is 0.311 e. The minimum absolute atomic E-state index is 0.00479. The number of carbonyl (C=O) groups is 1. The van der Waals surface area contributed by atoms with Crippen molar-refractivity contribution in [1.82, 2.24) is 5.32 Å². The lowest BCUT2D eigenvalue weighted by Gasteiger charge is -2.42. The summed E-state index contributed by atoms with van der Waals surface area (Å²) >= 11 is 0. The molecule has 1 saturated carbocycles. The Bertz CT molecular complexity index is 235. The van der Waals surface area contributed by atoms with E-state index in [-0.39, 0.29) is 17.4 Å². The van der Waals surface area contributed by atoms with E-state index in [1.807, 2.05) is 14.0 Å². The monoisotopic (exact) mass is 211 g/mol. The van der Waals surface area contributed by atoms with Crippen LogP contribution >= 0.6 is 0 Å². The van der Waals surface area contributed by atoms with Crippen molar-refractivity contribution in [1.29, 1.82) is 0 Å². The van der Waals surface area contributed by atoms with Crippen molar-refractivity contribution in [2.75, 3.05) is 7.05 Å². The molecule has 1 aliphatic rings. The Labute approximate surface area is 93.8 Å². The van der Waals surface area contributed by atoms with Gasteiger partial charge in [-0.25, -0.2) is 0 Å². The molecule has 0 aromatic carbocycles. The normalized spacial score (nSPS) is 32.3. The van der Waals surface area contributed by atoms with Gasteiger partial charge in [0.15, 0.2) is 5.78 Å². The van der Waals surface area contributed by atoms with Gasteiger partial charge in [-0.2, -0.15) is 0 Å². The summed E-state index contributed by atoms with van der Waals surface area (Å²) in [5, 5.41) is 3.07. The zero-order valence-electron chi connectivity index (χ0n) is 10.8. The molecule has 0 aromatic rings. The van der Waals surface area contributed by atoms with E-state index >= 15 is 0 Å².